The molecule has 0 bridgehead atoms. The van der Waals surface area contributed by atoms with Gasteiger partial charge in [0.1, 0.15) is 17.6 Å². The molecule has 1 unspecified atom stereocenters. The van der Waals surface area contributed by atoms with Crippen molar-refractivity contribution in [2.75, 3.05) is 29.0 Å². The van der Waals surface area contributed by atoms with Crippen molar-refractivity contribution in [2.24, 2.45) is 12.8 Å². The fourth-order valence-corrected chi connectivity index (χ4v) is 9.87. The Morgan fingerprint density at radius 3 is 2.42 bits per heavy atom. The molecule has 17 nitrogen and oxygen atoms in total. The van der Waals surface area contributed by atoms with Crippen molar-refractivity contribution in [3.63, 3.8) is 0 Å². The molecule has 1 aliphatic carbocycles. The number of fused-ring (bicyclic) bond motifs is 1. The number of rotatable bonds is 10. The highest BCUT2D eigenvalue weighted by atomic mass is 79.9. The maximum atomic E-state index is 13.7. The summed E-state index contributed by atoms with van der Waals surface area (Å²) in [6.45, 7) is 1.03. The van der Waals surface area contributed by atoms with Crippen molar-refractivity contribution in [2.45, 2.75) is 81.3 Å². The van der Waals surface area contributed by atoms with E-state index >= 15 is 0 Å². The summed E-state index contributed by atoms with van der Waals surface area (Å²) < 4.78 is 31.0. The maximum absolute atomic E-state index is 13.7. The predicted octanol–water partition coefficient (Wildman–Crippen LogP) is 2.21. The van der Waals surface area contributed by atoms with Gasteiger partial charge in [0, 0.05) is 68.2 Å². The van der Waals surface area contributed by atoms with E-state index in [0.29, 0.717) is 85.5 Å². The number of nitrogens with zero attached hydrogens (tertiary/aromatic N) is 6. The van der Waals surface area contributed by atoms with E-state index in [4.69, 9.17) is 5.73 Å². The van der Waals surface area contributed by atoms with Crippen molar-refractivity contribution >= 4 is 72.7 Å². The van der Waals surface area contributed by atoms with Crippen LogP contribution in [0.15, 0.2) is 35.1 Å². The molecule has 4 amide bonds. The van der Waals surface area contributed by atoms with Gasteiger partial charge in [-0.25, -0.2) is 17.7 Å². The number of carbonyl (C=O) groups is 4. The molecule has 0 radical (unpaired) electrons. The van der Waals surface area contributed by atoms with E-state index in [1.165, 1.54) is 15.8 Å². The average Bonchev–Trinajstić information content (AvgIpc) is 3.66. The topological polar surface area (TPSA) is 227 Å². The van der Waals surface area contributed by atoms with Gasteiger partial charge in [0.25, 0.3) is 11.8 Å². The normalized spacial score (nSPS) is 22.9. The number of sulfonamides is 1. The number of benzene rings is 1. The molecule has 7 rings (SSSR count). The number of anilines is 4. The molecule has 3 aromatic rings. The third-order valence-corrected chi connectivity index (χ3v) is 13.3. The van der Waals surface area contributed by atoms with Crippen LogP contribution in [0, 0.1) is 0 Å². The highest BCUT2D eigenvalue weighted by Crippen LogP contribution is 2.35. The van der Waals surface area contributed by atoms with Gasteiger partial charge in [-0.15, -0.1) is 0 Å². The van der Waals surface area contributed by atoms with Crippen molar-refractivity contribution in [3.05, 3.63) is 51.9 Å². The molecule has 3 fully saturated rings. The predicted molar refractivity (Wildman–Crippen MR) is 194 cm³/mol. The minimum absolute atomic E-state index is 0.0367. The first-order chi connectivity index (χ1) is 24.9. The quantitative estimate of drug-likeness (QED) is 0.186. The lowest BCUT2D eigenvalue weighted by Gasteiger charge is -2.36. The Hall–Kier alpha value is -4.62. The Kier molecular flexibility index (Phi) is 9.92. The van der Waals surface area contributed by atoms with Gasteiger partial charge in [0.05, 0.1) is 21.6 Å². The molecule has 276 valence electrons. The molecular weight excluding hydrogens is 758 g/mol. The van der Waals surface area contributed by atoms with E-state index in [9.17, 15) is 27.6 Å². The van der Waals surface area contributed by atoms with Gasteiger partial charge in [-0.3, -0.25) is 29.2 Å². The van der Waals surface area contributed by atoms with Crippen LogP contribution in [0.3, 0.4) is 0 Å². The SMILES string of the molecule is Cn1ncc(Nc2nc(NC3CCN(S(=O)(=O)C4CCC(Nc5cccc6c5CN(C5CCC(=O)NC5=O)C6=O)CC4)CC3)ncc2Br)c1C(N)=O. The Morgan fingerprint density at radius 1 is 0.981 bits per heavy atom. The summed E-state index contributed by atoms with van der Waals surface area (Å²) in [4.78, 5) is 59.7. The van der Waals surface area contributed by atoms with Crippen LogP contribution in [-0.4, -0.2) is 97.5 Å². The van der Waals surface area contributed by atoms with Crippen LogP contribution in [0.25, 0.3) is 0 Å². The standard InChI is InChI=1S/C33H40BrN11O6S/c1-43-28(29(35)47)25(16-37-43)40-30-23(34)15-36-33(42-30)39-19-11-13-44(14-12-19)52(50,51)20-7-5-18(6-8-20)38-24-4-2-3-21-22(24)17-45(32(21)49)26-9-10-27(46)41-31(26)48/h2-4,15-16,18-20,26,38H,5-14,17H2,1H3,(H2,35,47)(H,41,46,48)(H2,36,39,40,42). The van der Waals surface area contributed by atoms with Crippen LogP contribution in [-0.2, 0) is 33.2 Å². The van der Waals surface area contributed by atoms with Crippen molar-refractivity contribution in [3.8, 4) is 0 Å². The van der Waals surface area contributed by atoms with Gasteiger partial charge in [0.15, 0.2) is 0 Å². The fraction of sp³-hybridized carbons (Fsp3) is 0.485. The number of primary amides is 1. The van der Waals surface area contributed by atoms with E-state index in [1.807, 2.05) is 12.1 Å². The minimum atomic E-state index is -3.51. The maximum Gasteiger partial charge on any atom is 0.269 e. The number of amides is 4. The highest BCUT2D eigenvalue weighted by Gasteiger charge is 2.41. The second-order valence-electron chi connectivity index (χ2n) is 13.6. The summed E-state index contributed by atoms with van der Waals surface area (Å²) in [5.74, 6) is -0.858. The number of piperidine rings is 2. The van der Waals surface area contributed by atoms with E-state index in [2.05, 4.69) is 52.3 Å². The first kappa shape index (κ1) is 35.8. The molecule has 5 heterocycles. The van der Waals surface area contributed by atoms with Crippen LogP contribution in [0.5, 0.6) is 0 Å². The van der Waals surface area contributed by atoms with E-state index in [0.717, 1.165) is 11.3 Å². The number of imide groups is 1. The van der Waals surface area contributed by atoms with Crippen LogP contribution >= 0.6 is 15.9 Å². The number of nitrogens with one attached hydrogen (secondary N) is 4. The summed E-state index contributed by atoms with van der Waals surface area (Å²) >= 11 is 3.43. The Balaban J connectivity index is 0.910. The largest absolute Gasteiger partial charge is 0.382 e. The van der Waals surface area contributed by atoms with E-state index in [1.54, 1.807) is 23.6 Å². The van der Waals surface area contributed by atoms with Crippen LogP contribution in [0.1, 0.15) is 77.8 Å². The Morgan fingerprint density at radius 2 is 1.71 bits per heavy atom. The molecule has 19 heteroatoms. The molecule has 0 spiro atoms. The van der Waals surface area contributed by atoms with Gasteiger partial charge >= 0.3 is 0 Å². The molecule has 3 aliphatic heterocycles. The molecule has 4 aliphatic rings. The number of halogens is 1. The number of aryl methyl sites for hydroxylation is 1. The lowest BCUT2D eigenvalue weighted by Crippen LogP contribution is -2.52. The molecule has 2 aromatic heterocycles. The van der Waals surface area contributed by atoms with Gasteiger partial charge < -0.3 is 26.6 Å². The molecular formula is C33H40BrN11O6S. The van der Waals surface area contributed by atoms with Crippen LogP contribution in [0.2, 0.25) is 0 Å². The second kappa shape index (κ2) is 14.4. The molecule has 1 atom stereocenters. The van der Waals surface area contributed by atoms with Gasteiger partial charge in [0.2, 0.25) is 27.8 Å². The first-order valence-electron chi connectivity index (χ1n) is 17.3. The van der Waals surface area contributed by atoms with Gasteiger partial charge in [-0.1, -0.05) is 6.07 Å². The van der Waals surface area contributed by atoms with Crippen LogP contribution in [0.4, 0.5) is 23.1 Å². The average molecular weight is 799 g/mol. The lowest BCUT2D eigenvalue weighted by molar-refractivity contribution is -0.136. The Bertz CT molecular complexity index is 2030. The third kappa shape index (κ3) is 7.08. The zero-order valence-electron chi connectivity index (χ0n) is 28.5. The Labute approximate surface area is 308 Å². The smallest absolute Gasteiger partial charge is 0.269 e. The fourth-order valence-electron chi connectivity index (χ4n) is 7.57. The van der Waals surface area contributed by atoms with Crippen molar-refractivity contribution in [1.82, 2.24) is 34.3 Å². The zero-order valence-corrected chi connectivity index (χ0v) is 30.9. The number of carbonyl (C=O) groups excluding carboxylic acids is 4. The number of nitrogens with two attached hydrogens (primary N) is 1. The monoisotopic (exact) mass is 797 g/mol. The van der Waals surface area contributed by atoms with E-state index in [-0.39, 0.29) is 42.6 Å². The van der Waals surface area contributed by atoms with Crippen molar-refractivity contribution in [1.29, 1.82) is 0 Å². The molecule has 6 N–H and O–H groups in total. The first-order valence-corrected chi connectivity index (χ1v) is 19.6. The highest BCUT2D eigenvalue weighted by molar-refractivity contribution is 9.10. The summed E-state index contributed by atoms with van der Waals surface area (Å²) in [5.41, 5.74) is 8.28. The summed E-state index contributed by atoms with van der Waals surface area (Å²) in [5, 5.41) is 15.9. The second-order valence-corrected chi connectivity index (χ2v) is 16.7. The minimum Gasteiger partial charge on any atom is -0.382 e. The summed E-state index contributed by atoms with van der Waals surface area (Å²) in [6, 6.07) is 4.79. The summed E-state index contributed by atoms with van der Waals surface area (Å²) in [6.07, 6.45) is 7.09. The zero-order chi connectivity index (χ0) is 36.7. The molecule has 1 aromatic carbocycles. The number of aromatic nitrogens is 4. The summed E-state index contributed by atoms with van der Waals surface area (Å²) in [7, 11) is -1.89. The van der Waals surface area contributed by atoms with Crippen LogP contribution < -0.4 is 27.0 Å². The lowest BCUT2D eigenvalue weighted by atomic mass is 9.94. The number of hydrogen-bond acceptors (Lipinski definition) is 12. The molecule has 52 heavy (non-hydrogen) atoms. The molecule has 1 saturated carbocycles. The molecule has 2 saturated heterocycles. The van der Waals surface area contributed by atoms with Crippen molar-refractivity contribution < 1.29 is 27.6 Å². The van der Waals surface area contributed by atoms with E-state index < -0.39 is 33.1 Å². The van der Waals surface area contributed by atoms with Gasteiger partial charge in [-0.05, 0) is 73.0 Å². The number of hydrogen-bond donors (Lipinski definition) is 5. The third-order valence-electron chi connectivity index (χ3n) is 10.4. The van der Waals surface area contributed by atoms with Gasteiger partial charge in [-0.2, -0.15) is 10.1 Å².